The molecule has 3 atom stereocenters. The number of carbonyl (C=O) groups excluding carboxylic acids is 3. The second-order valence-corrected chi connectivity index (χ2v) is 9.59. The van der Waals surface area contributed by atoms with Gasteiger partial charge in [-0.1, -0.05) is 6.07 Å². The second kappa shape index (κ2) is 8.69. The molecule has 5 rings (SSSR count). The van der Waals surface area contributed by atoms with Crippen LogP contribution in [0.1, 0.15) is 78.0 Å². The van der Waals surface area contributed by atoms with E-state index < -0.39 is 115 Å². The highest BCUT2D eigenvalue weighted by molar-refractivity contribution is 6.32. The van der Waals surface area contributed by atoms with E-state index in [0.29, 0.717) is 0 Å². The maximum absolute atomic E-state index is 13.4. The van der Waals surface area contributed by atoms with Crippen LogP contribution in [0.2, 0.25) is 0 Å². The van der Waals surface area contributed by atoms with Crippen molar-refractivity contribution in [2.45, 2.75) is 32.1 Å². The first-order chi connectivity index (χ1) is 18.7. The summed E-state index contributed by atoms with van der Waals surface area (Å²) in [6.45, 7) is 2.53. The number of rotatable bonds is 3. The molecule has 2 aliphatic carbocycles. The number of aromatic hydroxyl groups is 5. The van der Waals surface area contributed by atoms with E-state index in [4.69, 9.17) is 5.11 Å². The number of amides is 1. The standard InChI is InChI=1S/C27H21NO12/c1-6-3-9-14(21(33)12(6)26(38)28-7(2)27(39)40)15-16(25(37)20(9)32)24(36)18-17(23(15)35)19(31)10-4-8(29)5-11(30)13(10)22(18)34/h3-5,7,20,25,29-30,32-33,35-37H,1-2H3,(H,28,38)(H,39,40)/t7?,20-,25-/m0/s1. The van der Waals surface area contributed by atoms with Crippen molar-refractivity contribution in [3.63, 3.8) is 0 Å². The summed E-state index contributed by atoms with van der Waals surface area (Å²) in [4.78, 5) is 50.9. The van der Waals surface area contributed by atoms with E-state index in [0.717, 1.165) is 12.1 Å². The van der Waals surface area contributed by atoms with E-state index in [1.54, 1.807) is 0 Å². The maximum Gasteiger partial charge on any atom is 0.325 e. The Kier molecular flexibility index (Phi) is 5.75. The van der Waals surface area contributed by atoms with E-state index in [9.17, 15) is 54.9 Å². The number of carbonyl (C=O) groups is 4. The number of aliphatic hydroxyl groups excluding tert-OH is 2. The molecule has 13 heteroatoms. The average Bonchev–Trinajstić information content (AvgIpc) is 2.86. The fraction of sp³-hybridized carbons (Fsp3) is 0.185. The first kappa shape index (κ1) is 26.5. The number of aliphatic hydroxyl groups is 2. The molecule has 13 nitrogen and oxygen atoms in total. The molecule has 0 fully saturated rings. The van der Waals surface area contributed by atoms with Crippen LogP contribution in [0, 0.1) is 6.92 Å². The zero-order valence-corrected chi connectivity index (χ0v) is 20.7. The van der Waals surface area contributed by atoms with Gasteiger partial charge < -0.3 is 46.2 Å². The Morgan fingerprint density at radius 2 is 1.43 bits per heavy atom. The molecule has 0 saturated heterocycles. The summed E-state index contributed by atoms with van der Waals surface area (Å²) >= 11 is 0. The van der Waals surface area contributed by atoms with Gasteiger partial charge in [0.2, 0.25) is 5.78 Å². The van der Waals surface area contributed by atoms with Crippen LogP contribution < -0.4 is 5.32 Å². The predicted molar refractivity (Wildman–Crippen MR) is 133 cm³/mol. The largest absolute Gasteiger partial charge is 0.508 e. The van der Waals surface area contributed by atoms with Crippen molar-refractivity contribution in [1.29, 1.82) is 0 Å². The SMILES string of the molecule is Cc1cc2c(c(O)c1C(=O)NC(C)C(=O)O)-c1c(O)c3c(c(O)c1[C@H](O)[C@H]2O)C(=O)c1c(O)cc(O)cc1C3=O. The maximum atomic E-state index is 13.4. The van der Waals surface area contributed by atoms with Gasteiger partial charge in [-0.2, -0.15) is 0 Å². The molecule has 1 unspecified atom stereocenters. The van der Waals surface area contributed by atoms with Gasteiger partial charge in [0, 0.05) is 28.3 Å². The monoisotopic (exact) mass is 551 g/mol. The van der Waals surface area contributed by atoms with Crippen molar-refractivity contribution in [3.05, 3.63) is 62.7 Å². The molecule has 0 aromatic heterocycles. The molecule has 0 spiro atoms. The molecule has 2 aliphatic rings. The summed E-state index contributed by atoms with van der Waals surface area (Å²) in [5, 5.41) is 87.0. The number of aliphatic carboxylic acids is 1. The molecule has 0 radical (unpaired) electrons. The minimum Gasteiger partial charge on any atom is -0.508 e. The lowest BCUT2D eigenvalue weighted by Crippen LogP contribution is -2.38. The Morgan fingerprint density at radius 1 is 0.800 bits per heavy atom. The molecular formula is C27H21NO12. The summed E-state index contributed by atoms with van der Waals surface area (Å²) < 4.78 is 0. The minimum absolute atomic E-state index is 0.0499. The lowest BCUT2D eigenvalue weighted by Gasteiger charge is -2.34. The number of aryl methyl sites for hydroxylation is 1. The van der Waals surface area contributed by atoms with E-state index in [1.165, 1.54) is 19.9 Å². The van der Waals surface area contributed by atoms with Gasteiger partial charge in [0.15, 0.2) is 5.78 Å². The quantitative estimate of drug-likeness (QED) is 0.163. The lowest BCUT2D eigenvalue weighted by atomic mass is 9.73. The van der Waals surface area contributed by atoms with E-state index >= 15 is 0 Å². The first-order valence-electron chi connectivity index (χ1n) is 11.7. The van der Waals surface area contributed by atoms with E-state index in [2.05, 4.69) is 5.32 Å². The van der Waals surface area contributed by atoms with Crippen molar-refractivity contribution in [3.8, 4) is 39.9 Å². The Morgan fingerprint density at radius 3 is 2.05 bits per heavy atom. The van der Waals surface area contributed by atoms with Crippen LogP contribution in [0.25, 0.3) is 11.1 Å². The van der Waals surface area contributed by atoms with Crippen LogP contribution in [0.4, 0.5) is 0 Å². The van der Waals surface area contributed by atoms with Crippen molar-refractivity contribution in [2.75, 3.05) is 0 Å². The Balaban J connectivity index is 1.84. The van der Waals surface area contributed by atoms with Crippen LogP contribution in [0.3, 0.4) is 0 Å². The predicted octanol–water partition coefficient (Wildman–Crippen LogP) is 1.25. The molecular weight excluding hydrogens is 530 g/mol. The number of ketones is 2. The average molecular weight is 551 g/mol. The van der Waals surface area contributed by atoms with Crippen LogP contribution in [-0.4, -0.2) is 70.3 Å². The molecule has 0 aliphatic heterocycles. The minimum atomic E-state index is -2.00. The third-order valence-electron chi connectivity index (χ3n) is 7.15. The number of fused-ring (bicyclic) bond motifs is 5. The summed E-state index contributed by atoms with van der Waals surface area (Å²) in [5.41, 5.74) is -4.97. The number of carboxylic acids is 1. The number of hydrogen-bond acceptors (Lipinski definition) is 11. The van der Waals surface area contributed by atoms with Crippen LogP contribution in [0.5, 0.6) is 28.7 Å². The van der Waals surface area contributed by atoms with Crippen molar-refractivity contribution >= 4 is 23.4 Å². The molecule has 3 aromatic carbocycles. The number of carboxylic acid groups (broad SMARTS) is 1. The van der Waals surface area contributed by atoms with Crippen molar-refractivity contribution in [1.82, 2.24) is 5.32 Å². The third-order valence-corrected chi connectivity index (χ3v) is 7.15. The van der Waals surface area contributed by atoms with Gasteiger partial charge in [-0.3, -0.25) is 19.2 Å². The number of nitrogens with one attached hydrogen (secondary N) is 1. The molecule has 1 amide bonds. The molecule has 40 heavy (non-hydrogen) atoms. The van der Waals surface area contributed by atoms with Crippen molar-refractivity contribution < 1.29 is 60.0 Å². The summed E-state index contributed by atoms with van der Waals surface area (Å²) in [7, 11) is 0. The Bertz CT molecular complexity index is 1720. The van der Waals surface area contributed by atoms with Crippen LogP contribution in [-0.2, 0) is 4.79 Å². The van der Waals surface area contributed by atoms with Gasteiger partial charge in [0.05, 0.1) is 22.3 Å². The van der Waals surface area contributed by atoms with Crippen LogP contribution in [0.15, 0.2) is 18.2 Å². The number of benzene rings is 3. The summed E-state index contributed by atoms with van der Waals surface area (Å²) in [6, 6.07) is 1.48. The smallest absolute Gasteiger partial charge is 0.325 e. The zero-order chi connectivity index (χ0) is 29.5. The highest BCUT2D eigenvalue weighted by Crippen LogP contribution is 2.58. The van der Waals surface area contributed by atoms with Gasteiger partial charge in [0.1, 0.15) is 47.0 Å². The molecule has 0 bridgehead atoms. The summed E-state index contributed by atoms with van der Waals surface area (Å²) in [5.74, 6) is -8.95. The molecule has 3 aromatic rings. The Labute approximate surface area is 223 Å². The van der Waals surface area contributed by atoms with Gasteiger partial charge in [-0.05, 0) is 31.0 Å². The molecule has 9 N–H and O–H groups in total. The zero-order valence-electron chi connectivity index (χ0n) is 20.7. The van der Waals surface area contributed by atoms with Gasteiger partial charge >= 0.3 is 5.97 Å². The number of phenols is 5. The molecule has 206 valence electrons. The van der Waals surface area contributed by atoms with Gasteiger partial charge in [0.25, 0.3) is 5.91 Å². The van der Waals surface area contributed by atoms with Crippen molar-refractivity contribution in [2.24, 2.45) is 0 Å². The summed E-state index contributed by atoms with van der Waals surface area (Å²) in [6.07, 6.45) is -3.86. The van der Waals surface area contributed by atoms with E-state index in [-0.39, 0.29) is 11.1 Å². The normalized spacial score (nSPS) is 17.8. The lowest BCUT2D eigenvalue weighted by molar-refractivity contribution is -0.138. The molecule has 0 saturated carbocycles. The fourth-order valence-electron chi connectivity index (χ4n) is 5.28. The first-order valence-corrected chi connectivity index (χ1v) is 11.7. The Hall–Kier alpha value is -5.14. The van der Waals surface area contributed by atoms with Gasteiger partial charge in [-0.15, -0.1) is 0 Å². The highest BCUT2D eigenvalue weighted by atomic mass is 16.4. The number of phenolic OH excluding ortho intramolecular Hbond substituents is 5. The van der Waals surface area contributed by atoms with Gasteiger partial charge in [-0.25, -0.2) is 0 Å². The topological polar surface area (TPSA) is 242 Å². The van der Waals surface area contributed by atoms with E-state index in [1.807, 2.05) is 0 Å². The number of hydrogen-bond donors (Lipinski definition) is 9. The highest BCUT2D eigenvalue weighted by Gasteiger charge is 2.45. The molecule has 0 heterocycles. The second-order valence-electron chi connectivity index (χ2n) is 9.59. The third kappa shape index (κ3) is 3.41. The fourth-order valence-corrected chi connectivity index (χ4v) is 5.28. The van der Waals surface area contributed by atoms with Crippen LogP contribution >= 0.6 is 0 Å².